The first-order chi connectivity index (χ1) is 14.2. The summed E-state index contributed by atoms with van der Waals surface area (Å²) in [7, 11) is 0. The van der Waals surface area contributed by atoms with Gasteiger partial charge in [0, 0.05) is 12.1 Å². The largest absolute Gasteiger partial charge is 0.492 e. The van der Waals surface area contributed by atoms with Crippen molar-refractivity contribution in [3.8, 4) is 5.75 Å². The molecule has 154 valence electrons. The highest BCUT2D eigenvalue weighted by Gasteiger charge is 2.55. The smallest absolute Gasteiger partial charge is 0.292 e. The van der Waals surface area contributed by atoms with Crippen molar-refractivity contribution >= 4 is 23.2 Å². The molecule has 0 N–H and O–H groups in total. The molecule has 0 aliphatic carbocycles. The molecule has 0 unspecified atom stereocenters. The molecule has 2 heterocycles. The van der Waals surface area contributed by atoms with Crippen molar-refractivity contribution in [2.45, 2.75) is 38.4 Å². The molecule has 1 amide bonds. The number of unbranched alkanes of at least 4 members (excludes halogenated alkanes) is 1. The van der Waals surface area contributed by atoms with Crippen molar-refractivity contribution in [2.75, 3.05) is 31.3 Å². The predicted molar refractivity (Wildman–Crippen MR) is 113 cm³/mol. The number of nitrogens with zero attached hydrogens (tertiary/aromatic N) is 1. The Hall–Kier alpha value is -2.08. The van der Waals surface area contributed by atoms with Crippen LogP contribution < -0.4 is 9.64 Å². The van der Waals surface area contributed by atoms with Crippen LogP contribution in [-0.4, -0.2) is 32.3 Å². The molecule has 1 fully saturated rings. The topological polar surface area (TPSA) is 48.0 Å². The second-order valence-corrected chi connectivity index (χ2v) is 7.76. The fourth-order valence-corrected chi connectivity index (χ4v) is 4.09. The summed E-state index contributed by atoms with van der Waals surface area (Å²) in [6.07, 6.45) is 3.90. The molecule has 4 rings (SSSR count). The van der Waals surface area contributed by atoms with Crippen molar-refractivity contribution in [1.82, 2.24) is 0 Å². The Morgan fingerprint density at radius 2 is 1.93 bits per heavy atom. The summed E-state index contributed by atoms with van der Waals surface area (Å²) in [6.45, 7) is 4.01. The first kappa shape index (κ1) is 20.2. The lowest BCUT2D eigenvalue weighted by Crippen LogP contribution is -2.41. The Bertz CT molecular complexity index is 879. The van der Waals surface area contributed by atoms with E-state index >= 15 is 0 Å². The van der Waals surface area contributed by atoms with Crippen LogP contribution in [0.25, 0.3) is 0 Å². The van der Waals surface area contributed by atoms with Gasteiger partial charge >= 0.3 is 0 Å². The zero-order chi connectivity index (χ0) is 20.3. The molecular weight excluding hydrogens is 390 g/mol. The minimum Gasteiger partial charge on any atom is -0.492 e. The van der Waals surface area contributed by atoms with Gasteiger partial charge < -0.3 is 19.1 Å². The van der Waals surface area contributed by atoms with Crippen LogP contribution in [0.1, 0.15) is 37.3 Å². The molecular formula is C23H26ClNO4. The highest BCUT2D eigenvalue weighted by Crippen LogP contribution is 2.46. The number of fused-ring (bicyclic) bond motifs is 2. The molecule has 1 spiro atoms. The van der Waals surface area contributed by atoms with E-state index < -0.39 is 5.79 Å². The van der Waals surface area contributed by atoms with E-state index in [1.165, 1.54) is 5.56 Å². The number of carbonyl (C=O) groups excluding carboxylic acids is 1. The van der Waals surface area contributed by atoms with E-state index in [2.05, 4.69) is 19.1 Å². The van der Waals surface area contributed by atoms with Gasteiger partial charge in [-0.05, 0) is 49.1 Å². The summed E-state index contributed by atoms with van der Waals surface area (Å²) in [5.74, 6) is -0.765. The van der Waals surface area contributed by atoms with Crippen molar-refractivity contribution in [3.05, 3.63) is 58.6 Å². The number of rotatable bonds is 8. The maximum Gasteiger partial charge on any atom is 0.292 e. The number of para-hydroxylation sites is 1. The van der Waals surface area contributed by atoms with Crippen LogP contribution in [0.2, 0.25) is 5.02 Å². The van der Waals surface area contributed by atoms with Gasteiger partial charge in [-0.3, -0.25) is 4.79 Å². The average molecular weight is 416 g/mol. The quantitative estimate of drug-likeness (QED) is 0.586. The molecule has 0 atom stereocenters. The van der Waals surface area contributed by atoms with Gasteiger partial charge in [-0.15, -0.1) is 0 Å². The van der Waals surface area contributed by atoms with Gasteiger partial charge in [-0.25, -0.2) is 0 Å². The third kappa shape index (κ3) is 3.87. The van der Waals surface area contributed by atoms with E-state index in [1.54, 1.807) is 11.0 Å². The van der Waals surface area contributed by atoms with Crippen LogP contribution in [0, 0.1) is 0 Å². The van der Waals surface area contributed by atoms with Crippen LogP contribution in [0.15, 0.2) is 42.5 Å². The Balaban J connectivity index is 1.48. The van der Waals surface area contributed by atoms with Gasteiger partial charge in [0.1, 0.15) is 5.75 Å². The van der Waals surface area contributed by atoms with Gasteiger partial charge in [0.05, 0.1) is 30.5 Å². The van der Waals surface area contributed by atoms with Crippen LogP contribution in [0.3, 0.4) is 0 Å². The standard InChI is InChI=1S/C23H26ClNO4/c1-2-3-7-17-10-11-20-18(16-17)23(28-14-15-29-23)22(26)25(20)12-6-13-27-21-9-5-4-8-19(21)24/h4-5,8-11,16H,2-3,6-7,12-15H2,1H3. The molecule has 1 saturated heterocycles. The SMILES string of the molecule is CCCCc1ccc2c(c1)C1(OCCO1)C(=O)N2CCCOc1ccccc1Cl. The molecule has 0 aromatic heterocycles. The summed E-state index contributed by atoms with van der Waals surface area (Å²) in [5, 5.41) is 0.585. The zero-order valence-electron chi connectivity index (χ0n) is 16.7. The second kappa shape index (κ2) is 8.74. The lowest BCUT2D eigenvalue weighted by Gasteiger charge is -2.22. The van der Waals surface area contributed by atoms with Crippen molar-refractivity contribution in [1.29, 1.82) is 0 Å². The molecule has 0 saturated carbocycles. The van der Waals surface area contributed by atoms with E-state index in [9.17, 15) is 4.79 Å². The lowest BCUT2D eigenvalue weighted by atomic mass is 10.0. The Labute approximate surface area is 176 Å². The molecule has 2 aromatic rings. The normalized spacial score (nSPS) is 17.2. The van der Waals surface area contributed by atoms with E-state index in [1.807, 2.05) is 24.3 Å². The molecule has 2 aliphatic heterocycles. The van der Waals surface area contributed by atoms with E-state index in [4.69, 9.17) is 25.8 Å². The summed E-state index contributed by atoms with van der Waals surface area (Å²) in [4.78, 5) is 15.0. The summed E-state index contributed by atoms with van der Waals surface area (Å²) < 4.78 is 17.5. The van der Waals surface area contributed by atoms with Gasteiger partial charge in [0.2, 0.25) is 0 Å². The number of anilines is 1. The first-order valence-corrected chi connectivity index (χ1v) is 10.6. The third-order valence-corrected chi connectivity index (χ3v) is 5.68. The van der Waals surface area contributed by atoms with Crippen molar-refractivity contribution < 1.29 is 19.0 Å². The maximum atomic E-state index is 13.2. The minimum absolute atomic E-state index is 0.143. The van der Waals surface area contributed by atoms with E-state index in [0.29, 0.717) is 43.6 Å². The number of carbonyl (C=O) groups is 1. The molecule has 2 aliphatic rings. The Morgan fingerprint density at radius 3 is 2.69 bits per heavy atom. The first-order valence-electron chi connectivity index (χ1n) is 10.3. The number of hydrogen-bond acceptors (Lipinski definition) is 4. The average Bonchev–Trinajstić information content (AvgIpc) is 3.31. The number of halogens is 1. The summed E-state index contributed by atoms with van der Waals surface area (Å²) >= 11 is 6.13. The van der Waals surface area contributed by atoms with Gasteiger partial charge in [-0.1, -0.05) is 43.1 Å². The Morgan fingerprint density at radius 1 is 1.14 bits per heavy atom. The molecule has 29 heavy (non-hydrogen) atoms. The molecule has 0 bridgehead atoms. The number of ether oxygens (including phenoxy) is 3. The molecule has 0 radical (unpaired) electrons. The zero-order valence-corrected chi connectivity index (χ0v) is 17.4. The maximum absolute atomic E-state index is 13.2. The van der Waals surface area contributed by atoms with Crippen molar-refractivity contribution in [2.24, 2.45) is 0 Å². The summed E-state index contributed by atoms with van der Waals surface area (Å²) in [6, 6.07) is 13.6. The predicted octanol–water partition coefficient (Wildman–Crippen LogP) is 4.70. The van der Waals surface area contributed by atoms with E-state index in [0.717, 1.165) is 30.5 Å². The van der Waals surface area contributed by atoms with Crippen LogP contribution in [0.4, 0.5) is 5.69 Å². The third-order valence-electron chi connectivity index (χ3n) is 5.37. The highest BCUT2D eigenvalue weighted by molar-refractivity contribution is 6.32. The number of hydrogen-bond donors (Lipinski definition) is 0. The number of aryl methyl sites for hydroxylation is 1. The monoisotopic (exact) mass is 415 g/mol. The minimum atomic E-state index is -1.28. The van der Waals surface area contributed by atoms with Crippen molar-refractivity contribution in [3.63, 3.8) is 0 Å². The van der Waals surface area contributed by atoms with Gasteiger partial charge in [-0.2, -0.15) is 0 Å². The highest BCUT2D eigenvalue weighted by atomic mass is 35.5. The Kier molecular flexibility index (Phi) is 6.09. The van der Waals surface area contributed by atoms with E-state index in [-0.39, 0.29) is 5.91 Å². The van der Waals surface area contributed by atoms with Gasteiger partial charge in [0.15, 0.2) is 0 Å². The van der Waals surface area contributed by atoms with Crippen LogP contribution in [-0.2, 0) is 26.5 Å². The molecule has 6 heteroatoms. The number of amides is 1. The fourth-order valence-electron chi connectivity index (χ4n) is 3.90. The fraction of sp³-hybridized carbons (Fsp3) is 0.435. The molecule has 5 nitrogen and oxygen atoms in total. The molecule has 2 aromatic carbocycles. The van der Waals surface area contributed by atoms with Crippen LogP contribution in [0.5, 0.6) is 5.75 Å². The van der Waals surface area contributed by atoms with Gasteiger partial charge in [0.25, 0.3) is 11.7 Å². The number of benzene rings is 2. The second-order valence-electron chi connectivity index (χ2n) is 7.36. The van der Waals surface area contributed by atoms with Crippen LogP contribution >= 0.6 is 11.6 Å². The lowest BCUT2D eigenvalue weighted by molar-refractivity contribution is -0.180. The summed E-state index contributed by atoms with van der Waals surface area (Å²) in [5.41, 5.74) is 2.91.